The van der Waals surface area contributed by atoms with Gasteiger partial charge in [-0.3, -0.25) is 0 Å². The molecule has 0 amide bonds. The van der Waals surface area contributed by atoms with E-state index >= 15 is 0 Å². The molecule has 0 bridgehead atoms. The first-order chi connectivity index (χ1) is 10.3. The van der Waals surface area contributed by atoms with Crippen molar-refractivity contribution < 1.29 is 4.74 Å². The number of hydrogen-bond donors (Lipinski definition) is 1. The molecule has 104 valence electrons. The van der Waals surface area contributed by atoms with Gasteiger partial charge in [-0.1, -0.05) is 60.1 Å². The number of fused-ring (bicyclic) bond motifs is 2. The number of benzene rings is 3. The van der Waals surface area contributed by atoms with Gasteiger partial charge in [0.2, 0.25) is 0 Å². The molecule has 1 unspecified atom stereocenters. The smallest absolute Gasteiger partial charge is 0.161 e. The van der Waals surface area contributed by atoms with E-state index in [-0.39, 0.29) is 6.10 Å². The van der Waals surface area contributed by atoms with Crippen LogP contribution in [0.15, 0.2) is 60.7 Å². The fourth-order valence-electron chi connectivity index (χ4n) is 2.86. The van der Waals surface area contributed by atoms with Crippen molar-refractivity contribution in [3.63, 3.8) is 0 Å². The van der Waals surface area contributed by atoms with Crippen molar-refractivity contribution in [2.45, 2.75) is 6.10 Å². The lowest BCUT2D eigenvalue weighted by molar-refractivity contribution is 0.212. The summed E-state index contributed by atoms with van der Waals surface area (Å²) in [6.45, 7) is 0.737. The Morgan fingerprint density at radius 3 is 2.71 bits per heavy atom. The Morgan fingerprint density at radius 2 is 1.76 bits per heavy atom. The predicted octanol–water partition coefficient (Wildman–Crippen LogP) is 5.04. The van der Waals surface area contributed by atoms with Gasteiger partial charge in [-0.15, -0.1) is 0 Å². The average Bonchev–Trinajstić information content (AvgIpc) is 2.54. The highest BCUT2D eigenvalue weighted by Crippen LogP contribution is 2.40. The summed E-state index contributed by atoms with van der Waals surface area (Å²) in [4.78, 5) is 0. The van der Waals surface area contributed by atoms with E-state index in [0.29, 0.717) is 5.02 Å². The lowest BCUT2D eigenvalue weighted by Crippen LogP contribution is -2.23. The summed E-state index contributed by atoms with van der Waals surface area (Å²) in [6.07, 6.45) is -0.0384. The largest absolute Gasteiger partial charge is 0.480 e. The first kappa shape index (κ1) is 12.5. The number of para-hydroxylation sites is 1. The van der Waals surface area contributed by atoms with Gasteiger partial charge < -0.3 is 10.1 Å². The molecule has 4 rings (SSSR count). The SMILES string of the molecule is Clc1cccc2c1OC(c1cccc3ccccc13)CN2. The third-order valence-electron chi connectivity index (χ3n) is 3.88. The highest BCUT2D eigenvalue weighted by Gasteiger charge is 2.23. The number of nitrogens with one attached hydrogen (secondary N) is 1. The van der Waals surface area contributed by atoms with E-state index in [0.717, 1.165) is 18.0 Å². The fraction of sp³-hybridized carbons (Fsp3) is 0.111. The molecule has 1 N–H and O–H groups in total. The van der Waals surface area contributed by atoms with Crippen LogP contribution < -0.4 is 10.1 Å². The van der Waals surface area contributed by atoms with E-state index in [1.54, 1.807) is 0 Å². The summed E-state index contributed by atoms with van der Waals surface area (Å²) < 4.78 is 6.16. The first-order valence-electron chi connectivity index (χ1n) is 6.99. The molecular weight excluding hydrogens is 282 g/mol. The van der Waals surface area contributed by atoms with Crippen LogP contribution in [-0.4, -0.2) is 6.54 Å². The summed E-state index contributed by atoms with van der Waals surface area (Å²) in [7, 11) is 0. The molecule has 0 saturated carbocycles. The second-order valence-corrected chi connectivity index (χ2v) is 5.58. The van der Waals surface area contributed by atoms with Crippen molar-refractivity contribution in [1.82, 2.24) is 0 Å². The van der Waals surface area contributed by atoms with E-state index in [1.165, 1.54) is 16.3 Å². The molecule has 1 heterocycles. The van der Waals surface area contributed by atoms with Crippen molar-refractivity contribution in [2.75, 3.05) is 11.9 Å². The zero-order valence-electron chi connectivity index (χ0n) is 11.3. The molecule has 3 aromatic carbocycles. The van der Waals surface area contributed by atoms with Gasteiger partial charge >= 0.3 is 0 Å². The Bertz CT molecular complexity index is 810. The van der Waals surface area contributed by atoms with Gasteiger partial charge in [0.05, 0.1) is 17.3 Å². The van der Waals surface area contributed by atoms with Crippen LogP contribution in [0, 0.1) is 0 Å². The highest BCUT2D eigenvalue weighted by atomic mass is 35.5. The summed E-state index contributed by atoms with van der Waals surface area (Å²) in [5.41, 5.74) is 2.14. The molecule has 0 fully saturated rings. The Hall–Kier alpha value is -2.19. The van der Waals surface area contributed by atoms with E-state index in [9.17, 15) is 0 Å². The number of rotatable bonds is 1. The predicted molar refractivity (Wildman–Crippen MR) is 87.3 cm³/mol. The Labute approximate surface area is 128 Å². The van der Waals surface area contributed by atoms with Crippen molar-refractivity contribution in [3.05, 3.63) is 71.2 Å². The molecule has 0 saturated heterocycles. The lowest BCUT2D eigenvalue weighted by atomic mass is 9.99. The van der Waals surface area contributed by atoms with Crippen LogP contribution in [0.4, 0.5) is 5.69 Å². The van der Waals surface area contributed by atoms with E-state index in [2.05, 4.69) is 47.8 Å². The maximum absolute atomic E-state index is 6.25. The van der Waals surface area contributed by atoms with Crippen LogP contribution in [0.3, 0.4) is 0 Å². The summed E-state index contributed by atoms with van der Waals surface area (Å²) in [5.74, 6) is 0.739. The van der Waals surface area contributed by atoms with Gasteiger partial charge in [0.1, 0.15) is 6.10 Å². The maximum atomic E-state index is 6.25. The molecule has 21 heavy (non-hydrogen) atoms. The van der Waals surface area contributed by atoms with Crippen LogP contribution in [-0.2, 0) is 0 Å². The Kier molecular flexibility index (Phi) is 2.97. The molecule has 1 atom stereocenters. The zero-order valence-corrected chi connectivity index (χ0v) is 12.1. The van der Waals surface area contributed by atoms with Gasteiger partial charge in [-0.05, 0) is 22.9 Å². The second kappa shape index (κ2) is 4.97. The van der Waals surface area contributed by atoms with Gasteiger partial charge in [-0.2, -0.15) is 0 Å². The lowest BCUT2D eigenvalue weighted by Gasteiger charge is -2.29. The van der Waals surface area contributed by atoms with E-state index < -0.39 is 0 Å². The van der Waals surface area contributed by atoms with Crippen LogP contribution >= 0.6 is 11.6 Å². The molecule has 1 aliphatic heterocycles. The first-order valence-corrected chi connectivity index (χ1v) is 7.37. The van der Waals surface area contributed by atoms with Crippen LogP contribution in [0.5, 0.6) is 5.75 Å². The summed E-state index contributed by atoms with van der Waals surface area (Å²) in [5, 5.41) is 6.50. The standard InChI is InChI=1S/C18H14ClNO/c19-15-9-4-10-16-18(15)21-17(11-20-16)14-8-3-6-12-5-1-2-7-13(12)14/h1-10,17,20H,11H2. The zero-order chi connectivity index (χ0) is 14.2. The van der Waals surface area contributed by atoms with Gasteiger partial charge in [0.15, 0.2) is 5.75 Å². The number of anilines is 1. The minimum atomic E-state index is -0.0384. The molecule has 3 aromatic rings. The Balaban J connectivity index is 1.79. The Morgan fingerprint density at radius 1 is 0.952 bits per heavy atom. The van der Waals surface area contributed by atoms with Crippen LogP contribution in [0.1, 0.15) is 11.7 Å². The normalized spacial score (nSPS) is 16.9. The van der Waals surface area contributed by atoms with Crippen LogP contribution in [0.2, 0.25) is 5.02 Å². The number of hydrogen-bond acceptors (Lipinski definition) is 2. The maximum Gasteiger partial charge on any atom is 0.161 e. The average molecular weight is 296 g/mol. The fourth-order valence-corrected chi connectivity index (χ4v) is 3.08. The monoisotopic (exact) mass is 295 g/mol. The van der Waals surface area contributed by atoms with Gasteiger partial charge in [0, 0.05) is 5.56 Å². The van der Waals surface area contributed by atoms with Crippen molar-refractivity contribution in [2.24, 2.45) is 0 Å². The minimum absolute atomic E-state index is 0.0384. The third-order valence-corrected chi connectivity index (χ3v) is 4.17. The molecule has 3 heteroatoms. The molecule has 0 aromatic heterocycles. The summed E-state index contributed by atoms with van der Waals surface area (Å²) in [6, 6.07) is 20.5. The van der Waals surface area contributed by atoms with Gasteiger partial charge in [-0.25, -0.2) is 0 Å². The number of halogens is 1. The topological polar surface area (TPSA) is 21.3 Å². The summed E-state index contributed by atoms with van der Waals surface area (Å²) >= 11 is 6.25. The van der Waals surface area contributed by atoms with Crippen LogP contribution in [0.25, 0.3) is 10.8 Å². The minimum Gasteiger partial charge on any atom is -0.480 e. The highest BCUT2D eigenvalue weighted by molar-refractivity contribution is 6.32. The molecule has 0 spiro atoms. The molecule has 1 aliphatic rings. The van der Waals surface area contributed by atoms with Crippen molar-refractivity contribution >= 4 is 28.1 Å². The quantitative estimate of drug-likeness (QED) is 0.679. The van der Waals surface area contributed by atoms with E-state index in [4.69, 9.17) is 16.3 Å². The molecule has 2 nitrogen and oxygen atoms in total. The van der Waals surface area contributed by atoms with Crippen molar-refractivity contribution in [1.29, 1.82) is 0 Å². The van der Waals surface area contributed by atoms with Gasteiger partial charge in [0.25, 0.3) is 0 Å². The molecular formula is C18H14ClNO. The third kappa shape index (κ3) is 2.12. The second-order valence-electron chi connectivity index (χ2n) is 5.17. The number of ether oxygens (including phenoxy) is 1. The van der Waals surface area contributed by atoms with Crippen molar-refractivity contribution in [3.8, 4) is 5.75 Å². The molecule has 0 radical (unpaired) electrons. The van der Waals surface area contributed by atoms with E-state index in [1.807, 2.05) is 18.2 Å². The molecule has 0 aliphatic carbocycles.